The number of para-hydroxylation sites is 1. The van der Waals surface area contributed by atoms with Crippen LogP contribution in [0.2, 0.25) is 0 Å². The number of hydrogen-bond acceptors (Lipinski definition) is 4. The van der Waals surface area contributed by atoms with Crippen molar-refractivity contribution in [2.45, 2.75) is 26.3 Å². The average Bonchev–Trinajstić information content (AvgIpc) is 2.62. The molecule has 25 heavy (non-hydrogen) atoms. The van der Waals surface area contributed by atoms with Gasteiger partial charge in [-0.25, -0.2) is 4.98 Å². The van der Waals surface area contributed by atoms with Gasteiger partial charge in [-0.2, -0.15) is 0 Å². The summed E-state index contributed by atoms with van der Waals surface area (Å²) in [5.74, 6) is 0.409. The molecule has 0 N–H and O–H groups in total. The van der Waals surface area contributed by atoms with E-state index < -0.39 is 0 Å². The fraction of sp³-hybridized carbons (Fsp3) is 0.250. The molecule has 128 valence electrons. The van der Waals surface area contributed by atoms with Crippen molar-refractivity contribution >= 4 is 16.9 Å². The number of ether oxygens (including phenoxy) is 1. The van der Waals surface area contributed by atoms with E-state index in [0.717, 1.165) is 5.56 Å². The molecule has 0 fully saturated rings. The van der Waals surface area contributed by atoms with Gasteiger partial charge in [-0.3, -0.25) is 14.2 Å². The van der Waals surface area contributed by atoms with E-state index in [0.29, 0.717) is 29.7 Å². The van der Waals surface area contributed by atoms with E-state index in [-0.39, 0.29) is 24.6 Å². The van der Waals surface area contributed by atoms with Crippen LogP contribution in [0.1, 0.15) is 17.8 Å². The molecule has 5 nitrogen and oxygen atoms in total. The van der Waals surface area contributed by atoms with Gasteiger partial charge in [0.05, 0.1) is 23.9 Å². The molecule has 0 saturated heterocycles. The number of esters is 1. The summed E-state index contributed by atoms with van der Waals surface area (Å²) in [5, 5.41) is 0.606. The fourth-order valence-electron chi connectivity index (χ4n) is 2.76. The van der Waals surface area contributed by atoms with Gasteiger partial charge in [0.1, 0.15) is 5.82 Å². The highest BCUT2D eigenvalue weighted by molar-refractivity contribution is 5.77. The third-order valence-electron chi connectivity index (χ3n) is 4.03. The van der Waals surface area contributed by atoms with Crippen molar-refractivity contribution in [2.24, 2.45) is 0 Å². The summed E-state index contributed by atoms with van der Waals surface area (Å²) < 4.78 is 6.89. The Morgan fingerprint density at radius 1 is 1.08 bits per heavy atom. The monoisotopic (exact) mass is 336 g/mol. The zero-order valence-corrected chi connectivity index (χ0v) is 14.1. The maximum Gasteiger partial charge on any atom is 0.310 e. The number of aryl methyl sites for hydroxylation is 1. The Morgan fingerprint density at radius 3 is 2.60 bits per heavy atom. The molecule has 0 amide bonds. The lowest BCUT2D eigenvalue weighted by atomic mass is 10.2. The highest BCUT2D eigenvalue weighted by atomic mass is 16.5. The van der Waals surface area contributed by atoms with Gasteiger partial charge < -0.3 is 4.74 Å². The van der Waals surface area contributed by atoms with E-state index in [4.69, 9.17) is 4.74 Å². The summed E-state index contributed by atoms with van der Waals surface area (Å²) in [6.45, 7) is 2.57. The van der Waals surface area contributed by atoms with Crippen molar-refractivity contribution in [1.29, 1.82) is 0 Å². The normalized spacial score (nSPS) is 10.8. The van der Waals surface area contributed by atoms with Crippen LogP contribution in [0.15, 0.2) is 59.4 Å². The van der Waals surface area contributed by atoms with E-state index in [1.54, 1.807) is 10.6 Å². The highest BCUT2D eigenvalue weighted by Gasteiger charge is 2.08. The van der Waals surface area contributed by atoms with Gasteiger partial charge >= 0.3 is 5.97 Å². The van der Waals surface area contributed by atoms with Crippen LogP contribution in [0.3, 0.4) is 0 Å². The second-order valence-corrected chi connectivity index (χ2v) is 5.87. The number of fused-ring (bicyclic) bond motifs is 1. The summed E-state index contributed by atoms with van der Waals surface area (Å²) in [6.07, 6.45) is 0.832. The van der Waals surface area contributed by atoms with E-state index in [9.17, 15) is 9.59 Å². The van der Waals surface area contributed by atoms with Crippen LogP contribution < -0.4 is 5.56 Å². The Balaban J connectivity index is 1.56. The minimum atomic E-state index is -0.257. The standard InChI is InChI=1S/C20H20N2O3/c1-15-21-18-11-6-5-10-17(18)20(24)22(15)12-7-13-25-19(23)14-16-8-3-2-4-9-16/h2-6,8-11H,7,12-14H2,1H3. The van der Waals surface area contributed by atoms with E-state index >= 15 is 0 Å². The molecule has 0 radical (unpaired) electrons. The molecule has 0 aliphatic heterocycles. The summed E-state index contributed by atoms with van der Waals surface area (Å²) in [4.78, 5) is 28.8. The molecule has 3 rings (SSSR count). The first-order chi connectivity index (χ1) is 12.1. The Hall–Kier alpha value is -2.95. The third-order valence-corrected chi connectivity index (χ3v) is 4.03. The quantitative estimate of drug-likeness (QED) is 0.513. The summed E-state index contributed by atoms with van der Waals surface area (Å²) in [7, 11) is 0. The van der Waals surface area contributed by atoms with Gasteiger partial charge in [-0.15, -0.1) is 0 Å². The lowest BCUT2D eigenvalue weighted by molar-refractivity contribution is -0.143. The van der Waals surface area contributed by atoms with Crippen molar-refractivity contribution in [3.63, 3.8) is 0 Å². The highest BCUT2D eigenvalue weighted by Crippen LogP contribution is 2.08. The largest absolute Gasteiger partial charge is 0.465 e. The lowest BCUT2D eigenvalue weighted by Crippen LogP contribution is -2.24. The molecule has 5 heteroatoms. The number of hydrogen-bond donors (Lipinski definition) is 0. The summed E-state index contributed by atoms with van der Waals surface area (Å²) in [5.41, 5.74) is 1.58. The number of nitrogens with zero attached hydrogens (tertiary/aromatic N) is 2. The molecule has 1 aromatic heterocycles. The molecular weight excluding hydrogens is 316 g/mol. The van der Waals surface area contributed by atoms with Crippen molar-refractivity contribution in [3.05, 3.63) is 76.3 Å². The first-order valence-electron chi connectivity index (χ1n) is 8.31. The Morgan fingerprint density at radius 2 is 1.80 bits per heavy atom. The van der Waals surface area contributed by atoms with Crippen LogP contribution in [-0.4, -0.2) is 22.1 Å². The van der Waals surface area contributed by atoms with E-state index in [2.05, 4.69) is 4.98 Å². The minimum Gasteiger partial charge on any atom is -0.465 e. The number of rotatable bonds is 6. The molecule has 1 heterocycles. The van der Waals surface area contributed by atoms with Gasteiger partial charge in [0, 0.05) is 6.54 Å². The number of aromatic nitrogens is 2. The minimum absolute atomic E-state index is 0.0567. The van der Waals surface area contributed by atoms with Gasteiger partial charge in [0.15, 0.2) is 0 Å². The van der Waals surface area contributed by atoms with Crippen molar-refractivity contribution < 1.29 is 9.53 Å². The third kappa shape index (κ3) is 4.12. The molecule has 0 saturated carbocycles. The molecule has 2 aromatic carbocycles. The van der Waals surface area contributed by atoms with Crippen molar-refractivity contribution in [1.82, 2.24) is 9.55 Å². The van der Waals surface area contributed by atoms with Crippen LogP contribution in [-0.2, 0) is 22.5 Å². The Labute approximate surface area is 145 Å². The SMILES string of the molecule is Cc1nc2ccccc2c(=O)n1CCCOC(=O)Cc1ccccc1. The average molecular weight is 336 g/mol. The molecule has 3 aromatic rings. The van der Waals surface area contributed by atoms with Crippen LogP contribution in [0.4, 0.5) is 0 Å². The second-order valence-electron chi connectivity index (χ2n) is 5.87. The van der Waals surface area contributed by atoms with Crippen LogP contribution >= 0.6 is 0 Å². The molecule has 0 aliphatic carbocycles. The van der Waals surface area contributed by atoms with E-state index in [1.807, 2.05) is 55.5 Å². The van der Waals surface area contributed by atoms with Crippen LogP contribution in [0, 0.1) is 6.92 Å². The lowest BCUT2D eigenvalue weighted by Gasteiger charge is -2.11. The zero-order chi connectivity index (χ0) is 17.6. The number of carbonyl (C=O) groups is 1. The molecular formula is C20H20N2O3. The molecule has 0 atom stereocenters. The van der Waals surface area contributed by atoms with Gasteiger partial charge in [-0.1, -0.05) is 42.5 Å². The number of benzene rings is 2. The first kappa shape index (κ1) is 16.9. The first-order valence-corrected chi connectivity index (χ1v) is 8.31. The van der Waals surface area contributed by atoms with Crippen LogP contribution in [0.5, 0.6) is 0 Å². The molecule has 0 aliphatic rings. The maximum atomic E-state index is 12.5. The van der Waals surface area contributed by atoms with Crippen LogP contribution in [0.25, 0.3) is 10.9 Å². The van der Waals surface area contributed by atoms with Crippen molar-refractivity contribution in [2.75, 3.05) is 6.61 Å². The predicted octanol–water partition coefficient (Wildman–Crippen LogP) is 2.88. The Bertz CT molecular complexity index is 933. The number of carbonyl (C=O) groups excluding carboxylic acids is 1. The molecule has 0 spiro atoms. The predicted molar refractivity (Wildman–Crippen MR) is 96.5 cm³/mol. The van der Waals surface area contributed by atoms with Gasteiger partial charge in [-0.05, 0) is 31.0 Å². The van der Waals surface area contributed by atoms with E-state index in [1.165, 1.54) is 0 Å². The summed E-state index contributed by atoms with van der Waals surface area (Å²) in [6, 6.07) is 16.8. The second kappa shape index (κ2) is 7.75. The topological polar surface area (TPSA) is 61.2 Å². The summed E-state index contributed by atoms with van der Waals surface area (Å²) >= 11 is 0. The molecule has 0 unspecified atom stereocenters. The smallest absolute Gasteiger partial charge is 0.310 e. The van der Waals surface area contributed by atoms with Gasteiger partial charge in [0.25, 0.3) is 5.56 Å². The van der Waals surface area contributed by atoms with Gasteiger partial charge in [0.2, 0.25) is 0 Å². The van der Waals surface area contributed by atoms with Crippen molar-refractivity contribution in [3.8, 4) is 0 Å². The Kier molecular flexibility index (Phi) is 5.23. The fourth-order valence-corrected chi connectivity index (χ4v) is 2.76. The maximum absolute atomic E-state index is 12.5. The molecule has 0 bridgehead atoms. The zero-order valence-electron chi connectivity index (χ0n) is 14.1.